The molecule has 0 aromatic heterocycles. The molecule has 1 spiro atoms. The minimum Gasteiger partial charge on any atom is -0.462 e. The molecule has 6 aliphatic rings. The van der Waals surface area contributed by atoms with Crippen LogP contribution < -0.4 is 0 Å². The maximum atomic E-state index is 13.8. The SMILES string of the molecule is CCN1CC2(COC)C(OC(C)=O)CC(OC)C34[C@@H]5C[C@]6(O)C(OC(=O)c7ccccc7)[C@@H]5[C@@](OC(C)=O)(C(C(OC)[C@H]23)[C@@H]14)C(O)[C@@H]6OC. The van der Waals surface area contributed by atoms with Crippen LogP contribution in [0.4, 0.5) is 0 Å². The number of likely N-dealkylation sites (tertiary alicyclic amines) is 1. The lowest BCUT2D eigenvalue weighted by molar-refractivity contribution is -0.322. The molecule has 5 aliphatic carbocycles. The summed E-state index contributed by atoms with van der Waals surface area (Å²) in [5, 5.41) is 25.5. The third-order valence-corrected chi connectivity index (χ3v) is 13.4. The van der Waals surface area contributed by atoms with Gasteiger partial charge < -0.3 is 43.4 Å². The average molecular weight is 688 g/mol. The van der Waals surface area contributed by atoms with Gasteiger partial charge >= 0.3 is 17.9 Å². The highest BCUT2D eigenvalue weighted by Crippen LogP contribution is 2.80. The molecule has 1 heterocycles. The molecule has 1 saturated heterocycles. The normalized spacial score (nSPS) is 47.4. The van der Waals surface area contributed by atoms with Crippen LogP contribution in [0.5, 0.6) is 0 Å². The number of methoxy groups -OCH3 is 4. The summed E-state index contributed by atoms with van der Waals surface area (Å²) in [5.74, 6) is -4.24. The largest absolute Gasteiger partial charge is 0.462 e. The summed E-state index contributed by atoms with van der Waals surface area (Å²) < 4.78 is 43.9. The van der Waals surface area contributed by atoms with E-state index in [1.807, 2.05) is 6.92 Å². The predicted octanol–water partition coefficient (Wildman–Crippen LogP) is 1.22. The molecule has 2 N–H and O–H groups in total. The molecule has 13 heteroatoms. The van der Waals surface area contributed by atoms with Crippen LogP contribution in [0.25, 0.3) is 0 Å². The fourth-order valence-electron chi connectivity index (χ4n) is 12.7. The van der Waals surface area contributed by atoms with Gasteiger partial charge in [0.05, 0.1) is 24.4 Å². The number of nitrogens with zero attached hydrogens (tertiary/aromatic N) is 1. The van der Waals surface area contributed by atoms with Crippen LogP contribution in [-0.2, 0) is 42.7 Å². The van der Waals surface area contributed by atoms with Gasteiger partial charge in [-0.15, -0.1) is 0 Å². The smallest absolute Gasteiger partial charge is 0.338 e. The van der Waals surface area contributed by atoms with E-state index in [-0.39, 0.29) is 24.6 Å². The Balaban J connectivity index is 1.53. The molecule has 7 bridgehead atoms. The summed E-state index contributed by atoms with van der Waals surface area (Å²) in [6.45, 7) is 5.99. The van der Waals surface area contributed by atoms with Crippen LogP contribution in [0.2, 0.25) is 0 Å². The molecule has 7 rings (SSSR count). The summed E-state index contributed by atoms with van der Waals surface area (Å²) in [6.07, 6.45) is -5.45. The number of hydrogen-bond acceptors (Lipinski definition) is 13. The molecule has 1 aromatic carbocycles. The van der Waals surface area contributed by atoms with Crippen LogP contribution in [0, 0.1) is 34.5 Å². The Bertz CT molecular complexity index is 1480. The maximum absolute atomic E-state index is 13.8. The van der Waals surface area contributed by atoms with Crippen molar-refractivity contribution in [2.24, 2.45) is 34.5 Å². The van der Waals surface area contributed by atoms with E-state index in [0.717, 1.165) is 0 Å². The Hall–Kier alpha value is -2.65. The van der Waals surface area contributed by atoms with Gasteiger partial charge in [-0.2, -0.15) is 0 Å². The number of aliphatic hydroxyl groups is 2. The van der Waals surface area contributed by atoms with Gasteiger partial charge in [-0.05, 0) is 31.0 Å². The Morgan fingerprint density at radius 3 is 2.20 bits per heavy atom. The van der Waals surface area contributed by atoms with E-state index in [1.165, 1.54) is 21.0 Å². The molecule has 49 heavy (non-hydrogen) atoms. The quantitative estimate of drug-likeness (QED) is 0.267. The Kier molecular flexibility index (Phi) is 8.49. The highest BCUT2D eigenvalue weighted by molar-refractivity contribution is 5.89. The minimum atomic E-state index is -1.86. The van der Waals surface area contributed by atoms with Gasteiger partial charge in [0.25, 0.3) is 0 Å². The second-order valence-electron chi connectivity index (χ2n) is 15.0. The second kappa shape index (κ2) is 12.0. The average Bonchev–Trinajstić information content (AvgIpc) is 3.44. The van der Waals surface area contributed by atoms with E-state index in [9.17, 15) is 24.6 Å². The highest BCUT2D eigenvalue weighted by atomic mass is 16.6. The van der Waals surface area contributed by atoms with E-state index in [1.54, 1.807) is 51.7 Å². The number of fused-ring (bicyclic) bond motifs is 2. The Morgan fingerprint density at radius 1 is 0.918 bits per heavy atom. The van der Waals surface area contributed by atoms with Crippen molar-refractivity contribution in [2.75, 3.05) is 48.1 Å². The van der Waals surface area contributed by atoms with Crippen molar-refractivity contribution in [1.82, 2.24) is 4.90 Å². The van der Waals surface area contributed by atoms with Crippen molar-refractivity contribution in [1.29, 1.82) is 0 Å². The van der Waals surface area contributed by atoms with E-state index in [4.69, 9.17) is 33.2 Å². The van der Waals surface area contributed by atoms with Gasteiger partial charge in [0.15, 0.2) is 5.60 Å². The summed E-state index contributed by atoms with van der Waals surface area (Å²) in [7, 11) is 6.25. The number of carbonyl (C=O) groups is 3. The van der Waals surface area contributed by atoms with Crippen LogP contribution in [0.1, 0.15) is 44.0 Å². The molecule has 5 saturated carbocycles. The fourth-order valence-corrected chi connectivity index (χ4v) is 12.7. The Morgan fingerprint density at radius 2 is 1.63 bits per heavy atom. The first kappa shape index (κ1) is 34.8. The summed E-state index contributed by atoms with van der Waals surface area (Å²) >= 11 is 0. The molecular weight excluding hydrogens is 638 g/mol. The zero-order valence-corrected chi connectivity index (χ0v) is 29.2. The molecule has 1 aromatic rings. The van der Waals surface area contributed by atoms with Crippen molar-refractivity contribution in [3.63, 3.8) is 0 Å². The van der Waals surface area contributed by atoms with Gasteiger partial charge in [0.1, 0.15) is 30.0 Å². The molecule has 6 fully saturated rings. The van der Waals surface area contributed by atoms with E-state index >= 15 is 0 Å². The monoisotopic (exact) mass is 687 g/mol. The summed E-state index contributed by atoms with van der Waals surface area (Å²) in [6, 6.07) is 8.12. The number of rotatable bonds is 10. The molecule has 8 unspecified atom stereocenters. The minimum absolute atomic E-state index is 0.0534. The van der Waals surface area contributed by atoms with Crippen LogP contribution in [0.15, 0.2) is 30.3 Å². The van der Waals surface area contributed by atoms with E-state index in [0.29, 0.717) is 19.5 Å². The van der Waals surface area contributed by atoms with Crippen LogP contribution in [-0.4, -0.2) is 135 Å². The summed E-state index contributed by atoms with van der Waals surface area (Å²) in [5.41, 5.74) is -4.92. The maximum Gasteiger partial charge on any atom is 0.338 e. The van der Waals surface area contributed by atoms with Crippen molar-refractivity contribution in [3.05, 3.63) is 35.9 Å². The molecule has 1 aliphatic heterocycles. The number of hydrogen-bond donors (Lipinski definition) is 2. The molecule has 13 nitrogen and oxygen atoms in total. The van der Waals surface area contributed by atoms with Crippen molar-refractivity contribution in [3.8, 4) is 0 Å². The standard InChI is InChI=1S/C36H49NO12/c1-8-37-16-33(17-43-4)22(47-18(2)38)14-23(44-5)35-21-15-34(42)30(48-32(41)20-12-10-9-11-13-20)24(21)36(49-19(3)39,29(40)31(34)46-7)25(28(35)37)26(45-6)27(33)35/h9-13,21-31,40,42H,8,14-17H2,1-7H3/t21-,22?,23?,24-,25?,26?,27-,28-,29?,30?,31+,33?,34+,35?,36-/m1/s1. The van der Waals surface area contributed by atoms with E-state index in [2.05, 4.69) is 4.90 Å². The van der Waals surface area contributed by atoms with Crippen molar-refractivity contribution >= 4 is 17.9 Å². The lowest BCUT2D eigenvalue weighted by atomic mass is 9.42. The zero-order valence-electron chi connectivity index (χ0n) is 29.2. The summed E-state index contributed by atoms with van der Waals surface area (Å²) in [4.78, 5) is 42.2. The van der Waals surface area contributed by atoms with E-state index < -0.39 is 100 Å². The van der Waals surface area contributed by atoms with Gasteiger partial charge in [0, 0.05) is 89.9 Å². The lowest BCUT2D eigenvalue weighted by Gasteiger charge is -2.70. The third-order valence-electron chi connectivity index (χ3n) is 13.4. The number of carbonyl (C=O) groups excluding carboxylic acids is 3. The third kappa shape index (κ3) is 4.21. The first-order valence-corrected chi connectivity index (χ1v) is 17.2. The molecule has 270 valence electrons. The molecule has 0 amide bonds. The lowest BCUT2D eigenvalue weighted by Crippen LogP contribution is -2.81. The topological polar surface area (TPSA) is 160 Å². The number of ether oxygens (including phenoxy) is 7. The number of esters is 3. The highest BCUT2D eigenvalue weighted by Gasteiger charge is 2.92. The molecule has 15 atom stereocenters. The van der Waals surface area contributed by atoms with Crippen molar-refractivity contribution < 1.29 is 57.8 Å². The zero-order chi connectivity index (χ0) is 35.3. The van der Waals surface area contributed by atoms with Crippen LogP contribution >= 0.6 is 0 Å². The van der Waals surface area contributed by atoms with Gasteiger partial charge in [-0.1, -0.05) is 25.1 Å². The number of piperidine rings is 1. The van der Waals surface area contributed by atoms with Crippen molar-refractivity contribution in [2.45, 2.75) is 87.5 Å². The van der Waals surface area contributed by atoms with Gasteiger partial charge in [0.2, 0.25) is 0 Å². The number of benzene rings is 1. The first-order valence-electron chi connectivity index (χ1n) is 17.2. The fraction of sp³-hybridized carbons (Fsp3) is 0.750. The Labute approximate surface area is 286 Å². The van der Waals surface area contributed by atoms with Crippen LogP contribution in [0.3, 0.4) is 0 Å². The molecule has 0 radical (unpaired) electrons. The van der Waals surface area contributed by atoms with Gasteiger partial charge in [-0.3, -0.25) is 14.5 Å². The second-order valence-corrected chi connectivity index (χ2v) is 15.0. The molecular formula is C36H49NO12. The number of aliphatic hydroxyl groups excluding tert-OH is 1. The first-order chi connectivity index (χ1) is 23.4. The van der Waals surface area contributed by atoms with Gasteiger partial charge in [-0.25, -0.2) is 4.79 Å². The predicted molar refractivity (Wildman–Crippen MR) is 170 cm³/mol.